The zero-order chi connectivity index (χ0) is 13.1. The largest absolute Gasteiger partial charge is 0.367 e. The number of rotatable bonds is 5. The molecule has 0 aliphatic heterocycles. The Balaban J connectivity index is 2.15. The lowest BCUT2D eigenvalue weighted by atomic mass is 10.2. The third-order valence-electron chi connectivity index (χ3n) is 2.76. The fourth-order valence-corrected chi connectivity index (χ4v) is 2.51. The van der Waals surface area contributed by atoms with Crippen LogP contribution in [0.2, 0.25) is 0 Å². The van der Waals surface area contributed by atoms with Crippen molar-refractivity contribution in [1.29, 1.82) is 0 Å². The Morgan fingerprint density at radius 2 is 2.28 bits per heavy atom. The van der Waals surface area contributed by atoms with E-state index >= 15 is 0 Å². The van der Waals surface area contributed by atoms with Crippen LogP contribution in [0.5, 0.6) is 0 Å². The van der Waals surface area contributed by atoms with Gasteiger partial charge >= 0.3 is 0 Å². The second-order valence-corrected chi connectivity index (χ2v) is 6.11. The lowest BCUT2D eigenvalue weighted by Crippen LogP contribution is -2.19. The van der Waals surface area contributed by atoms with Crippen LogP contribution in [-0.4, -0.2) is 36.9 Å². The van der Waals surface area contributed by atoms with Gasteiger partial charge < -0.3 is 5.32 Å². The van der Waals surface area contributed by atoms with Crippen molar-refractivity contribution in [2.45, 2.75) is 26.3 Å². The summed E-state index contributed by atoms with van der Waals surface area (Å²) in [7, 11) is -0.743. The third-order valence-corrected chi connectivity index (χ3v) is 3.57. The van der Waals surface area contributed by atoms with Crippen molar-refractivity contribution in [3.05, 3.63) is 24.0 Å². The maximum atomic E-state index is 11.1. The molecule has 0 spiro atoms. The van der Waals surface area contributed by atoms with Crippen LogP contribution in [0.1, 0.15) is 18.9 Å². The molecular weight excluding hydrogens is 248 g/mol. The molecule has 0 radical (unpaired) electrons. The molecule has 98 valence electrons. The molecule has 2 unspecified atom stereocenters. The maximum Gasteiger partial charge on any atom is 0.157 e. The Hall–Kier alpha value is -1.43. The Morgan fingerprint density at radius 3 is 3.00 bits per heavy atom. The number of nitrogens with zero attached hydrogens (tertiary/aromatic N) is 3. The second-order valence-electron chi connectivity index (χ2n) is 4.56. The van der Waals surface area contributed by atoms with Gasteiger partial charge in [-0.3, -0.25) is 4.21 Å². The van der Waals surface area contributed by atoms with Crippen LogP contribution in [0.3, 0.4) is 0 Å². The fourth-order valence-electron chi connectivity index (χ4n) is 1.83. The van der Waals surface area contributed by atoms with E-state index in [-0.39, 0.29) is 6.04 Å². The summed E-state index contributed by atoms with van der Waals surface area (Å²) < 4.78 is 12.9. The number of aryl methyl sites for hydroxylation is 1. The summed E-state index contributed by atoms with van der Waals surface area (Å²) in [5.74, 6) is 1.64. The molecule has 0 bridgehead atoms. The van der Waals surface area contributed by atoms with Crippen molar-refractivity contribution in [3.63, 3.8) is 0 Å². The molecule has 2 aromatic heterocycles. The summed E-state index contributed by atoms with van der Waals surface area (Å²) >= 11 is 0. The van der Waals surface area contributed by atoms with E-state index in [1.54, 1.807) is 17.1 Å². The summed E-state index contributed by atoms with van der Waals surface area (Å²) in [4.78, 5) is 4.18. The van der Waals surface area contributed by atoms with Crippen molar-refractivity contribution in [2.75, 3.05) is 17.3 Å². The van der Waals surface area contributed by atoms with Gasteiger partial charge in [0.15, 0.2) is 5.65 Å². The van der Waals surface area contributed by atoms with Gasteiger partial charge in [-0.05, 0) is 38.0 Å². The fraction of sp³-hybridized carbons (Fsp3) is 0.500. The van der Waals surface area contributed by atoms with Crippen LogP contribution in [0.25, 0.3) is 5.65 Å². The first-order valence-corrected chi connectivity index (χ1v) is 7.66. The number of hydrogen-bond acceptors (Lipinski definition) is 4. The standard InChI is InChI=1S/C12H18N4OS/c1-9-6-11-13-8-14-16(11)12(7-9)15-10(2)4-5-18(3)17/h6-8,10,15H,4-5H2,1-3H3. The van der Waals surface area contributed by atoms with E-state index in [2.05, 4.69) is 22.3 Å². The summed E-state index contributed by atoms with van der Waals surface area (Å²) in [6, 6.07) is 4.29. The molecule has 0 amide bonds. The minimum absolute atomic E-state index is 0.253. The van der Waals surface area contributed by atoms with Gasteiger partial charge in [-0.1, -0.05) is 0 Å². The molecule has 0 aliphatic rings. The minimum Gasteiger partial charge on any atom is -0.367 e. The highest BCUT2D eigenvalue weighted by molar-refractivity contribution is 7.84. The number of nitrogens with one attached hydrogen (secondary N) is 1. The Bertz CT molecular complexity index is 566. The van der Waals surface area contributed by atoms with E-state index in [0.29, 0.717) is 5.75 Å². The lowest BCUT2D eigenvalue weighted by molar-refractivity contribution is 0.677. The van der Waals surface area contributed by atoms with Crippen LogP contribution < -0.4 is 5.32 Å². The van der Waals surface area contributed by atoms with E-state index in [4.69, 9.17) is 0 Å². The molecule has 0 fully saturated rings. The molecule has 0 saturated carbocycles. The van der Waals surface area contributed by atoms with Crippen LogP contribution in [0, 0.1) is 6.92 Å². The average Bonchev–Trinajstić information content (AvgIpc) is 2.74. The third kappa shape index (κ3) is 3.07. The SMILES string of the molecule is Cc1cc(NC(C)CCS(C)=O)n2ncnc2c1. The number of pyridine rings is 1. The lowest BCUT2D eigenvalue weighted by Gasteiger charge is -2.15. The highest BCUT2D eigenvalue weighted by Crippen LogP contribution is 2.14. The molecule has 2 atom stereocenters. The maximum absolute atomic E-state index is 11.1. The van der Waals surface area contributed by atoms with Gasteiger partial charge in [0.1, 0.15) is 12.1 Å². The van der Waals surface area contributed by atoms with Crippen LogP contribution in [0.4, 0.5) is 5.82 Å². The summed E-state index contributed by atoms with van der Waals surface area (Å²) in [6.45, 7) is 4.11. The predicted molar refractivity (Wildman–Crippen MR) is 74.4 cm³/mol. The molecule has 2 aromatic rings. The van der Waals surface area contributed by atoms with Crippen molar-refractivity contribution in [1.82, 2.24) is 14.6 Å². The zero-order valence-electron chi connectivity index (χ0n) is 10.9. The smallest absolute Gasteiger partial charge is 0.157 e. The van der Waals surface area contributed by atoms with Crippen molar-refractivity contribution in [2.24, 2.45) is 0 Å². The molecule has 0 saturated heterocycles. The molecule has 1 N–H and O–H groups in total. The van der Waals surface area contributed by atoms with Crippen molar-refractivity contribution >= 4 is 22.3 Å². The zero-order valence-corrected chi connectivity index (χ0v) is 11.7. The molecule has 0 aliphatic carbocycles. The van der Waals surface area contributed by atoms with E-state index in [0.717, 1.165) is 23.4 Å². The molecule has 6 heteroatoms. The summed E-state index contributed by atoms with van der Waals surface area (Å²) in [6.07, 6.45) is 4.15. The van der Waals surface area contributed by atoms with Gasteiger partial charge in [0.2, 0.25) is 0 Å². The Labute approximate surface area is 109 Å². The number of hydrogen-bond donors (Lipinski definition) is 1. The Morgan fingerprint density at radius 1 is 1.50 bits per heavy atom. The quantitative estimate of drug-likeness (QED) is 0.893. The predicted octanol–water partition coefficient (Wildman–Crippen LogP) is 1.61. The first-order chi connectivity index (χ1) is 8.56. The topological polar surface area (TPSA) is 59.3 Å². The van der Waals surface area contributed by atoms with Gasteiger partial charge in [0, 0.05) is 28.9 Å². The van der Waals surface area contributed by atoms with Gasteiger partial charge in [0.05, 0.1) is 0 Å². The highest BCUT2D eigenvalue weighted by atomic mass is 32.2. The van der Waals surface area contributed by atoms with Crippen molar-refractivity contribution in [3.8, 4) is 0 Å². The first kappa shape index (κ1) is 13.0. The minimum atomic E-state index is -0.743. The van der Waals surface area contributed by atoms with Crippen LogP contribution in [0.15, 0.2) is 18.5 Å². The highest BCUT2D eigenvalue weighted by Gasteiger charge is 2.08. The Kier molecular flexibility index (Phi) is 3.96. The molecule has 2 heterocycles. The number of fused-ring (bicyclic) bond motifs is 1. The monoisotopic (exact) mass is 266 g/mol. The number of aromatic nitrogens is 3. The average molecular weight is 266 g/mol. The molecule has 0 aromatic carbocycles. The second kappa shape index (κ2) is 5.48. The first-order valence-electron chi connectivity index (χ1n) is 5.93. The molecule has 2 rings (SSSR count). The van der Waals surface area contributed by atoms with E-state index in [1.807, 2.05) is 19.1 Å². The summed E-state index contributed by atoms with van der Waals surface area (Å²) in [5.41, 5.74) is 1.98. The van der Waals surface area contributed by atoms with E-state index in [1.165, 1.54) is 0 Å². The van der Waals surface area contributed by atoms with Crippen LogP contribution in [-0.2, 0) is 10.8 Å². The van der Waals surface area contributed by atoms with Gasteiger partial charge in [-0.15, -0.1) is 0 Å². The van der Waals surface area contributed by atoms with Gasteiger partial charge in [-0.2, -0.15) is 9.61 Å². The van der Waals surface area contributed by atoms with Gasteiger partial charge in [0.25, 0.3) is 0 Å². The van der Waals surface area contributed by atoms with E-state index in [9.17, 15) is 4.21 Å². The molecule has 18 heavy (non-hydrogen) atoms. The van der Waals surface area contributed by atoms with Crippen LogP contribution >= 0.6 is 0 Å². The summed E-state index contributed by atoms with van der Waals surface area (Å²) in [5, 5.41) is 7.58. The molecule has 5 nitrogen and oxygen atoms in total. The molecular formula is C12H18N4OS. The normalized spacial score (nSPS) is 14.6. The number of anilines is 1. The van der Waals surface area contributed by atoms with Crippen molar-refractivity contribution < 1.29 is 4.21 Å². The van der Waals surface area contributed by atoms with E-state index < -0.39 is 10.8 Å². The van der Waals surface area contributed by atoms with Gasteiger partial charge in [-0.25, -0.2) is 4.98 Å².